The summed E-state index contributed by atoms with van der Waals surface area (Å²) in [6.45, 7) is 0.0382. The van der Waals surface area contributed by atoms with Crippen molar-refractivity contribution in [2.45, 2.75) is 25.1 Å². The zero-order chi connectivity index (χ0) is 18.4. The number of rotatable bonds is 5. The minimum atomic E-state index is -4.20. The molecular weight excluding hydrogens is 470 g/mol. The maximum Gasteiger partial charge on any atom is 0.401 e. The minimum Gasteiger partial charge on any atom is -0.356 e. The lowest BCUT2D eigenvalue weighted by Crippen LogP contribution is -2.45. The Labute approximate surface area is 166 Å². The molecule has 0 radical (unpaired) electrons. The van der Waals surface area contributed by atoms with Crippen LogP contribution in [0.15, 0.2) is 23.2 Å². The van der Waals surface area contributed by atoms with Gasteiger partial charge in [0.2, 0.25) is 0 Å². The monoisotopic (exact) mass is 492 g/mol. The second-order valence-electron chi connectivity index (χ2n) is 5.96. The van der Waals surface area contributed by atoms with Gasteiger partial charge in [-0.15, -0.1) is 24.0 Å². The van der Waals surface area contributed by atoms with Crippen molar-refractivity contribution in [2.24, 2.45) is 4.99 Å². The Balaban J connectivity index is 0.00000338. The Morgan fingerprint density at radius 3 is 2.69 bits per heavy atom. The predicted octanol–water partition coefficient (Wildman–Crippen LogP) is 2.93. The molecule has 2 rings (SSSR count). The molecule has 1 aromatic rings. The van der Waals surface area contributed by atoms with E-state index in [-0.39, 0.29) is 48.5 Å². The molecule has 26 heavy (non-hydrogen) atoms. The van der Waals surface area contributed by atoms with Gasteiger partial charge in [-0.05, 0) is 36.6 Å². The van der Waals surface area contributed by atoms with E-state index in [1.807, 2.05) is 0 Å². The highest BCUT2D eigenvalue weighted by atomic mass is 127. The summed E-state index contributed by atoms with van der Waals surface area (Å²) in [4.78, 5) is 5.35. The number of nitrogens with zero attached hydrogens (tertiary/aromatic N) is 2. The second kappa shape index (κ2) is 10.2. The van der Waals surface area contributed by atoms with Gasteiger partial charge in [-0.3, -0.25) is 9.89 Å². The first kappa shape index (κ1) is 22.9. The molecular formula is C16H22F5IN4. The number of aliphatic imine (C=N–C) groups is 1. The highest BCUT2D eigenvalue weighted by Crippen LogP contribution is 2.19. The summed E-state index contributed by atoms with van der Waals surface area (Å²) in [5.74, 6) is -0.560. The first-order valence-corrected chi connectivity index (χ1v) is 7.97. The molecule has 0 amide bonds. The number of nitrogens with one attached hydrogen (secondary N) is 2. The van der Waals surface area contributed by atoms with E-state index in [1.54, 1.807) is 7.05 Å². The summed E-state index contributed by atoms with van der Waals surface area (Å²) in [5, 5.41) is 6.02. The smallest absolute Gasteiger partial charge is 0.356 e. The molecule has 0 spiro atoms. The van der Waals surface area contributed by atoms with E-state index in [1.165, 1.54) is 4.90 Å². The zero-order valence-corrected chi connectivity index (χ0v) is 16.6. The van der Waals surface area contributed by atoms with Crippen molar-refractivity contribution >= 4 is 29.9 Å². The van der Waals surface area contributed by atoms with Gasteiger partial charge in [0.25, 0.3) is 0 Å². The van der Waals surface area contributed by atoms with Crippen LogP contribution in [0.25, 0.3) is 0 Å². The van der Waals surface area contributed by atoms with Gasteiger partial charge in [-0.25, -0.2) is 8.78 Å². The molecule has 4 nitrogen and oxygen atoms in total. The Hall–Kier alpha value is -1.17. The molecule has 1 heterocycles. The van der Waals surface area contributed by atoms with Crippen LogP contribution in [0.4, 0.5) is 22.0 Å². The third-order valence-corrected chi connectivity index (χ3v) is 3.93. The molecule has 1 unspecified atom stereocenters. The van der Waals surface area contributed by atoms with Gasteiger partial charge in [-0.1, -0.05) is 0 Å². The standard InChI is InChI=1S/C16H21F5N4.HI/c1-22-15(23-6-4-11-8-12(17)2-3-14(11)18)24-13-5-7-25(9-13)10-16(19,20)21;/h2-3,8,13H,4-7,9-10H2,1H3,(H2,22,23,24);1H. The lowest BCUT2D eigenvalue weighted by Gasteiger charge is -2.19. The van der Waals surface area contributed by atoms with Crippen LogP contribution < -0.4 is 10.6 Å². The molecule has 1 aliphatic heterocycles. The van der Waals surface area contributed by atoms with Crippen molar-refractivity contribution in [2.75, 3.05) is 33.2 Å². The minimum absolute atomic E-state index is 0. The number of hydrogen-bond acceptors (Lipinski definition) is 2. The van der Waals surface area contributed by atoms with Crippen molar-refractivity contribution < 1.29 is 22.0 Å². The SMILES string of the molecule is CN=C(NCCc1cc(F)ccc1F)NC1CCN(CC(F)(F)F)C1.I. The fourth-order valence-corrected chi connectivity index (χ4v) is 2.79. The molecule has 2 N–H and O–H groups in total. The average Bonchev–Trinajstić information content (AvgIpc) is 2.94. The van der Waals surface area contributed by atoms with Crippen molar-refractivity contribution in [3.8, 4) is 0 Å². The summed E-state index contributed by atoms with van der Waals surface area (Å²) in [6.07, 6.45) is -3.37. The summed E-state index contributed by atoms with van der Waals surface area (Å²) in [5.41, 5.74) is 0.250. The zero-order valence-electron chi connectivity index (χ0n) is 14.2. The summed E-state index contributed by atoms with van der Waals surface area (Å²) in [7, 11) is 1.54. The molecule has 0 saturated carbocycles. The summed E-state index contributed by atoms with van der Waals surface area (Å²) < 4.78 is 63.8. The highest BCUT2D eigenvalue weighted by Gasteiger charge is 2.34. The third kappa shape index (κ3) is 7.60. The lowest BCUT2D eigenvalue weighted by molar-refractivity contribution is -0.143. The van der Waals surface area contributed by atoms with Crippen molar-refractivity contribution in [1.29, 1.82) is 0 Å². The van der Waals surface area contributed by atoms with E-state index in [9.17, 15) is 22.0 Å². The number of hydrogen-bond donors (Lipinski definition) is 2. The van der Waals surface area contributed by atoms with E-state index in [0.717, 1.165) is 18.2 Å². The molecule has 1 aliphatic rings. The van der Waals surface area contributed by atoms with E-state index in [2.05, 4.69) is 15.6 Å². The molecule has 1 fully saturated rings. The van der Waals surface area contributed by atoms with Gasteiger partial charge in [0.15, 0.2) is 5.96 Å². The van der Waals surface area contributed by atoms with Crippen molar-refractivity contribution in [3.63, 3.8) is 0 Å². The van der Waals surface area contributed by atoms with Crippen LogP contribution in [-0.4, -0.2) is 56.3 Å². The molecule has 148 valence electrons. The van der Waals surface area contributed by atoms with E-state index in [0.29, 0.717) is 25.5 Å². The first-order valence-electron chi connectivity index (χ1n) is 7.97. The molecule has 1 saturated heterocycles. The van der Waals surface area contributed by atoms with Crippen LogP contribution in [-0.2, 0) is 6.42 Å². The molecule has 1 atom stereocenters. The quantitative estimate of drug-likeness (QED) is 0.288. The topological polar surface area (TPSA) is 39.7 Å². The number of likely N-dealkylation sites (tertiary alicyclic amines) is 1. The average molecular weight is 492 g/mol. The maximum absolute atomic E-state index is 13.5. The molecule has 10 heteroatoms. The van der Waals surface area contributed by atoms with Crippen LogP contribution in [0.2, 0.25) is 0 Å². The molecule has 0 bridgehead atoms. The van der Waals surface area contributed by atoms with Gasteiger partial charge in [0, 0.05) is 32.7 Å². The molecule has 0 aliphatic carbocycles. The fraction of sp³-hybridized carbons (Fsp3) is 0.562. The Kier molecular flexibility index (Phi) is 9.01. The summed E-state index contributed by atoms with van der Waals surface area (Å²) >= 11 is 0. The Morgan fingerprint density at radius 2 is 2.04 bits per heavy atom. The number of benzene rings is 1. The number of alkyl halides is 3. The third-order valence-electron chi connectivity index (χ3n) is 3.93. The van der Waals surface area contributed by atoms with Crippen molar-refractivity contribution in [1.82, 2.24) is 15.5 Å². The van der Waals surface area contributed by atoms with Gasteiger partial charge < -0.3 is 10.6 Å². The molecule has 1 aromatic carbocycles. The van der Waals surface area contributed by atoms with Crippen LogP contribution in [0.3, 0.4) is 0 Å². The van der Waals surface area contributed by atoms with Crippen molar-refractivity contribution in [3.05, 3.63) is 35.4 Å². The Bertz CT molecular complexity index is 609. The van der Waals surface area contributed by atoms with Gasteiger partial charge in [0.1, 0.15) is 11.6 Å². The predicted molar refractivity (Wildman–Crippen MR) is 101 cm³/mol. The normalized spacial score (nSPS) is 18.5. The van der Waals surface area contributed by atoms with Gasteiger partial charge in [0.05, 0.1) is 6.54 Å². The highest BCUT2D eigenvalue weighted by molar-refractivity contribution is 14.0. The second-order valence-corrected chi connectivity index (χ2v) is 5.96. The largest absolute Gasteiger partial charge is 0.401 e. The molecule has 0 aromatic heterocycles. The van der Waals surface area contributed by atoms with E-state index >= 15 is 0 Å². The van der Waals surface area contributed by atoms with Crippen LogP contribution >= 0.6 is 24.0 Å². The van der Waals surface area contributed by atoms with E-state index < -0.39 is 24.4 Å². The maximum atomic E-state index is 13.5. The first-order chi connectivity index (χ1) is 11.8. The lowest BCUT2D eigenvalue weighted by atomic mass is 10.1. The van der Waals surface area contributed by atoms with Gasteiger partial charge in [-0.2, -0.15) is 13.2 Å². The van der Waals surface area contributed by atoms with Gasteiger partial charge >= 0.3 is 6.18 Å². The van der Waals surface area contributed by atoms with E-state index in [4.69, 9.17) is 0 Å². The van der Waals surface area contributed by atoms with Crippen LogP contribution in [0, 0.1) is 11.6 Å². The number of halogens is 6. The van der Waals surface area contributed by atoms with Crippen LogP contribution in [0.5, 0.6) is 0 Å². The fourth-order valence-electron chi connectivity index (χ4n) is 2.79. The van der Waals surface area contributed by atoms with Crippen LogP contribution in [0.1, 0.15) is 12.0 Å². The Morgan fingerprint density at radius 1 is 1.31 bits per heavy atom. The number of guanidine groups is 1. The summed E-state index contributed by atoms with van der Waals surface area (Å²) in [6, 6.07) is 3.13.